The number of nitrogens with two attached hydrogens (primary N) is 1. The molecule has 1 aromatic rings. The van der Waals surface area contributed by atoms with Crippen molar-refractivity contribution in [1.29, 1.82) is 0 Å². The van der Waals surface area contributed by atoms with E-state index in [1.807, 2.05) is 6.07 Å². The number of benzene rings is 1. The molecule has 0 aliphatic carbocycles. The highest BCUT2D eigenvalue weighted by Crippen LogP contribution is 2.16. The van der Waals surface area contributed by atoms with Crippen molar-refractivity contribution >= 4 is 45.9 Å². The molecule has 1 rings (SSSR count). The van der Waals surface area contributed by atoms with Gasteiger partial charge in [0.05, 0.1) is 6.54 Å². The molecule has 3 N–H and O–H groups in total. The van der Waals surface area contributed by atoms with Gasteiger partial charge in [-0.15, -0.1) is 24.0 Å². The number of nitrogens with zero attached hydrogens (tertiary/aromatic N) is 1. The quantitative estimate of drug-likeness (QED) is 0.416. The first-order valence-corrected chi connectivity index (χ1v) is 7.07. The van der Waals surface area contributed by atoms with Gasteiger partial charge in [0.15, 0.2) is 5.96 Å². The molecule has 0 fully saturated rings. The molecule has 1 aromatic carbocycles. The van der Waals surface area contributed by atoms with Gasteiger partial charge in [-0.05, 0) is 42.5 Å². The van der Waals surface area contributed by atoms with Crippen molar-refractivity contribution < 1.29 is 0 Å². The van der Waals surface area contributed by atoms with Crippen LogP contribution in [-0.2, 0) is 6.54 Å². The van der Waals surface area contributed by atoms with E-state index in [0.717, 1.165) is 17.4 Å². The third-order valence-corrected chi connectivity index (χ3v) is 3.25. The lowest BCUT2D eigenvalue weighted by molar-refractivity contribution is 0.576. The number of guanidine groups is 1. The number of aliphatic imine (C=N–C) groups is 1. The van der Waals surface area contributed by atoms with Crippen LogP contribution in [0.15, 0.2) is 27.7 Å². The zero-order valence-corrected chi connectivity index (χ0v) is 15.7. The minimum Gasteiger partial charge on any atom is -0.370 e. The third-order valence-electron chi connectivity index (χ3n) is 2.75. The van der Waals surface area contributed by atoms with Crippen LogP contribution < -0.4 is 11.1 Å². The second kappa shape index (κ2) is 9.58. The minimum atomic E-state index is 0. The molecule has 5 heteroatoms. The molecule has 3 nitrogen and oxygen atoms in total. The molecule has 0 aliphatic rings. The van der Waals surface area contributed by atoms with Crippen LogP contribution in [0.5, 0.6) is 0 Å². The fraction of sp³-hybridized carbons (Fsp3) is 0.500. The number of rotatable bonds is 5. The molecular formula is C14H23BrIN3. The number of nitrogens with one attached hydrogen (secondary N) is 1. The summed E-state index contributed by atoms with van der Waals surface area (Å²) in [6.07, 6.45) is 1.10. The Morgan fingerprint density at radius 3 is 2.68 bits per heavy atom. The zero-order valence-electron chi connectivity index (χ0n) is 11.7. The maximum atomic E-state index is 5.82. The number of halogens is 2. The first kappa shape index (κ1) is 18.7. The monoisotopic (exact) mass is 439 g/mol. The van der Waals surface area contributed by atoms with Crippen molar-refractivity contribution in [3.63, 3.8) is 0 Å². The Balaban J connectivity index is 0.00000324. The molecule has 19 heavy (non-hydrogen) atoms. The summed E-state index contributed by atoms with van der Waals surface area (Å²) < 4.78 is 1.09. The van der Waals surface area contributed by atoms with Crippen molar-refractivity contribution in [3.8, 4) is 0 Å². The van der Waals surface area contributed by atoms with Gasteiger partial charge < -0.3 is 11.1 Å². The summed E-state index contributed by atoms with van der Waals surface area (Å²) in [6.45, 7) is 7.98. The van der Waals surface area contributed by atoms with Crippen LogP contribution >= 0.6 is 39.9 Å². The SMILES string of the molecule is Cc1cc(Br)ccc1CN=C(N)NCCC(C)C.I. The van der Waals surface area contributed by atoms with E-state index in [-0.39, 0.29) is 24.0 Å². The Morgan fingerprint density at radius 2 is 2.11 bits per heavy atom. The van der Waals surface area contributed by atoms with E-state index < -0.39 is 0 Å². The standard InChI is InChI=1S/C14H22BrN3.HI/c1-10(2)6-7-17-14(16)18-9-12-4-5-13(15)8-11(12)3;/h4-5,8,10H,6-7,9H2,1-3H3,(H3,16,17,18);1H. The van der Waals surface area contributed by atoms with Crippen LogP contribution in [0.2, 0.25) is 0 Å². The van der Waals surface area contributed by atoms with Crippen molar-refractivity contribution in [3.05, 3.63) is 33.8 Å². The molecule has 0 radical (unpaired) electrons. The molecule has 0 amide bonds. The van der Waals surface area contributed by atoms with Gasteiger partial charge in [-0.2, -0.15) is 0 Å². The summed E-state index contributed by atoms with van der Waals surface area (Å²) in [5.74, 6) is 1.21. The molecule has 0 atom stereocenters. The molecule has 0 heterocycles. The van der Waals surface area contributed by atoms with E-state index in [0.29, 0.717) is 18.4 Å². The van der Waals surface area contributed by atoms with E-state index in [1.54, 1.807) is 0 Å². The number of aryl methyl sites for hydroxylation is 1. The summed E-state index contributed by atoms with van der Waals surface area (Å²) in [6, 6.07) is 6.19. The molecule has 108 valence electrons. The van der Waals surface area contributed by atoms with Gasteiger partial charge in [0, 0.05) is 11.0 Å². The normalized spacial score (nSPS) is 11.3. The Bertz CT molecular complexity index is 419. The maximum Gasteiger partial charge on any atom is 0.188 e. The van der Waals surface area contributed by atoms with Crippen LogP contribution in [0.3, 0.4) is 0 Å². The second-order valence-electron chi connectivity index (χ2n) is 4.88. The van der Waals surface area contributed by atoms with Crippen molar-refractivity contribution in [1.82, 2.24) is 5.32 Å². The van der Waals surface area contributed by atoms with Gasteiger partial charge in [0.25, 0.3) is 0 Å². The molecule has 0 aromatic heterocycles. The van der Waals surface area contributed by atoms with Crippen LogP contribution in [-0.4, -0.2) is 12.5 Å². The zero-order chi connectivity index (χ0) is 13.5. The lowest BCUT2D eigenvalue weighted by atomic mass is 10.1. The predicted molar refractivity (Wildman–Crippen MR) is 97.1 cm³/mol. The molecule has 0 unspecified atom stereocenters. The third kappa shape index (κ3) is 7.77. The summed E-state index contributed by atoms with van der Waals surface area (Å²) in [5, 5.41) is 3.13. The van der Waals surface area contributed by atoms with Crippen molar-refractivity contribution in [2.24, 2.45) is 16.6 Å². The Hall–Kier alpha value is -0.300. The highest BCUT2D eigenvalue weighted by atomic mass is 127. The number of hydrogen-bond donors (Lipinski definition) is 2. The fourth-order valence-electron chi connectivity index (χ4n) is 1.55. The molecule has 0 spiro atoms. The molecule has 0 bridgehead atoms. The number of hydrogen-bond acceptors (Lipinski definition) is 1. The Morgan fingerprint density at radius 1 is 1.42 bits per heavy atom. The lowest BCUT2D eigenvalue weighted by Crippen LogP contribution is -2.32. The van der Waals surface area contributed by atoms with E-state index in [9.17, 15) is 0 Å². The highest BCUT2D eigenvalue weighted by molar-refractivity contribution is 14.0. The molecule has 0 saturated carbocycles. The Kier molecular flexibility index (Phi) is 9.43. The summed E-state index contributed by atoms with van der Waals surface area (Å²) in [5.41, 5.74) is 8.24. The maximum absolute atomic E-state index is 5.82. The fourth-order valence-corrected chi connectivity index (χ4v) is 2.03. The Labute approximate surface area is 141 Å². The van der Waals surface area contributed by atoms with Gasteiger partial charge in [-0.3, -0.25) is 0 Å². The second-order valence-corrected chi connectivity index (χ2v) is 5.80. The van der Waals surface area contributed by atoms with E-state index in [2.05, 4.69) is 59.1 Å². The smallest absolute Gasteiger partial charge is 0.188 e. The molecule has 0 saturated heterocycles. The predicted octanol–water partition coefficient (Wildman–Crippen LogP) is 3.83. The first-order valence-electron chi connectivity index (χ1n) is 6.28. The summed E-state index contributed by atoms with van der Waals surface area (Å²) in [7, 11) is 0. The van der Waals surface area contributed by atoms with Gasteiger partial charge in [-0.25, -0.2) is 4.99 Å². The van der Waals surface area contributed by atoms with Crippen LogP contribution in [0.25, 0.3) is 0 Å². The van der Waals surface area contributed by atoms with E-state index >= 15 is 0 Å². The van der Waals surface area contributed by atoms with Gasteiger partial charge in [-0.1, -0.05) is 35.8 Å². The van der Waals surface area contributed by atoms with Crippen LogP contribution in [0, 0.1) is 12.8 Å². The van der Waals surface area contributed by atoms with Gasteiger partial charge in [0.1, 0.15) is 0 Å². The average molecular weight is 440 g/mol. The minimum absolute atomic E-state index is 0. The van der Waals surface area contributed by atoms with E-state index in [1.165, 1.54) is 11.1 Å². The molecular weight excluding hydrogens is 417 g/mol. The summed E-state index contributed by atoms with van der Waals surface area (Å²) >= 11 is 3.45. The topological polar surface area (TPSA) is 50.4 Å². The molecule has 0 aliphatic heterocycles. The average Bonchev–Trinajstić information content (AvgIpc) is 2.27. The highest BCUT2D eigenvalue weighted by Gasteiger charge is 1.99. The van der Waals surface area contributed by atoms with Crippen LogP contribution in [0.4, 0.5) is 0 Å². The lowest BCUT2D eigenvalue weighted by Gasteiger charge is -2.08. The summed E-state index contributed by atoms with van der Waals surface area (Å²) in [4.78, 5) is 4.35. The van der Waals surface area contributed by atoms with E-state index in [4.69, 9.17) is 5.73 Å². The van der Waals surface area contributed by atoms with Gasteiger partial charge in [0.2, 0.25) is 0 Å². The van der Waals surface area contributed by atoms with Crippen LogP contribution in [0.1, 0.15) is 31.4 Å². The van der Waals surface area contributed by atoms with Gasteiger partial charge >= 0.3 is 0 Å². The first-order chi connectivity index (χ1) is 8.49. The van der Waals surface area contributed by atoms with Crippen molar-refractivity contribution in [2.75, 3.05) is 6.54 Å². The largest absolute Gasteiger partial charge is 0.370 e. The van der Waals surface area contributed by atoms with Crippen molar-refractivity contribution in [2.45, 2.75) is 33.7 Å².